The van der Waals surface area contributed by atoms with Crippen LogP contribution in [0.2, 0.25) is 0 Å². The fourth-order valence-corrected chi connectivity index (χ4v) is 3.91. The summed E-state index contributed by atoms with van der Waals surface area (Å²) in [5.41, 5.74) is 4.96. The molecule has 4 aromatic rings. The van der Waals surface area contributed by atoms with Gasteiger partial charge in [0.1, 0.15) is 9.88 Å². The molecule has 0 saturated carbocycles. The van der Waals surface area contributed by atoms with Gasteiger partial charge in [0.25, 0.3) is 0 Å². The number of para-hydroxylation sites is 1. The minimum atomic E-state index is -0.305. The van der Waals surface area contributed by atoms with E-state index in [1.165, 1.54) is 16.7 Å². The molecule has 0 spiro atoms. The Bertz CT molecular complexity index is 1060. The van der Waals surface area contributed by atoms with Crippen LogP contribution in [0.4, 0.5) is 0 Å². The molecule has 2 aromatic heterocycles. The fraction of sp³-hybridized carbons (Fsp3) is 0.143. The number of H-pyrrole nitrogens is 1. The number of rotatable bonds is 4. The van der Waals surface area contributed by atoms with Gasteiger partial charge in [0, 0.05) is 22.2 Å². The highest BCUT2D eigenvalue weighted by Crippen LogP contribution is 2.32. The molecule has 0 atom stereocenters. The second-order valence-corrected chi connectivity index (χ2v) is 7.00. The van der Waals surface area contributed by atoms with Gasteiger partial charge in [-0.15, -0.1) is 11.3 Å². The molecule has 0 bridgehead atoms. The standard InChI is InChI=1S/C21H18N2O2S/c1-3-25-21(24)19-13(2)22-20(26-19)16-9-6-8-14(11-16)18-12-15-7-4-5-10-17(15)23-18/h4-12,23H,3H2,1-2H3. The van der Waals surface area contributed by atoms with Crippen LogP contribution < -0.4 is 0 Å². The maximum Gasteiger partial charge on any atom is 0.350 e. The van der Waals surface area contributed by atoms with Gasteiger partial charge in [-0.25, -0.2) is 9.78 Å². The number of fused-ring (bicyclic) bond motifs is 1. The quantitative estimate of drug-likeness (QED) is 0.492. The first-order valence-corrected chi connectivity index (χ1v) is 9.30. The van der Waals surface area contributed by atoms with Gasteiger partial charge >= 0.3 is 5.97 Å². The summed E-state index contributed by atoms with van der Waals surface area (Å²) in [5.74, 6) is -0.305. The summed E-state index contributed by atoms with van der Waals surface area (Å²) in [6.07, 6.45) is 0. The zero-order chi connectivity index (χ0) is 18.1. The Hall–Kier alpha value is -2.92. The number of benzene rings is 2. The van der Waals surface area contributed by atoms with Crippen molar-refractivity contribution in [2.75, 3.05) is 6.61 Å². The van der Waals surface area contributed by atoms with E-state index in [0.717, 1.165) is 27.3 Å². The highest BCUT2D eigenvalue weighted by atomic mass is 32.1. The van der Waals surface area contributed by atoms with E-state index < -0.39 is 0 Å². The average molecular weight is 362 g/mol. The zero-order valence-electron chi connectivity index (χ0n) is 14.6. The molecule has 0 amide bonds. The van der Waals surface area contributed by atoms with Crippen LogP contribution in [-0.4, -0.2) is 22.5 Å². The van der Waals surface area contributed by atoms with Crippen molar-refractivity contribution in [1.29, 1.82) is 0 Å². The van der Waals surface area contributed by atoms with Crippen molar-refractivity contribution >= 4 is 28.2 Å². The number of hydrogen-bond donors (Lipinski definition) is 1. The molecule has 2 heterocycles. The average Bonchev–Trinajstić information content (AvgIpc) is 3.25. The Balaban J connectivity index is 1.72. The number of nitrogens with one attached hydrogen (secondary N) is 1. The van der Waals surface area contributed by atoms with E-state index in [2.05, 4.69) is 40.3 Å². The maximum absolute atomic E-state index is 12.0. The molecule has 2 aromatic carbocycles. The molecule has 0 saturated heterocycles. The molecule has 0 aliphatic heterocycles. The largest absolute Gasteiger partial charge is 0.462 e. The maximum atomic E-state index is 12.0. The van der Waals surface area contributed by atoms with Gasteiger partial charge in [-0.3, -0.25) is 0 Å². The van der Waals surface area contributed by atoms with Crippen molar-refractivity contribution in [1.82, 2.24) is 9.97 Å². The van der Waals surface area contributed by atoms with Crippen molar-refractivity contribution in [2.24, 2.45) is 0 Å². The lowest BCUT2D eigenvalue weighted by molar-refractivity contribution is 0.0531. The predicted octanol–water partition coefficient (Wildman–Crippen LogP) is 5.44. The van der Waals surface area contributed by atoms with Crippen LogP contribution in [0.5, 0.6) is 0 Å². The van der Waals surface area contributed by atoms with Gasteiger partial charge in [0.05, 0.1) is 12.3 Å². The van der Waals surface area contributed by atoms with Crippen molar-refractivity contribution < 1.29 is 9.53 Å². The van der Waals surface area contributed by atoms with Crippen LogP contribution in [0.25, 0.3) is 32.7 Å². The normalized spacial score (nSPS) is 11.0. The number of nitrogens with zero attached hydrogens (tertiary/aromatic N) is 1. The van der Waals surface area contributed by atoms with Crippen molar-refractivity contribution in [3.8, 4) is 21.8 Å². The molecule has 4 nitrogen and oxygen atoms in total. The molecule has 5 heteroatoms. The number of ether oxygens (including phenoxy) is 1. The van der Waals surface area contributed by atoms with Crippen LogP contribution in [-0.2, 0) is 4.74 Å². The molecular formula is C21H18N2O2S. The Morgan fingerprint density at radius 2 is 1.92 bits per heavy atom. The second kappa shape index (κ2) is 6.77. The summed E-state index contributed by atoms with van der Waals surface area (Å²) in [6, 6.07) is 18.5. The highest BCUT2D eigenvalue weighted by molar-refractivity contribution is 7.17. The molecule has 0 aliphatic rings. The third-order valence-electron chi connectivity index (χ3n) is 4.21. The SMILES string of the molecule is CCOC(=O)c1sc(-c2cccc(-c3cc4ccccc4[nH]3)c2)nc1C. The number of aromatic amines is 1. The molecule has 0 radical (unpaired) electrons. The summed E-state index contributed by atoms with van der Waals surface area (Å²) >= 11 is 1.37. The first-order chi connectivity index (χ1) is 12.7. The van der Waals surface area contributed by atoms with E-state index in [4.69, 9.17) is 4.74 Å². The Labute approximate surface area is 155 Å². The van der Waals surface area contributed by atoms with Crippen LogP contribution >= 0.6 is 11.3 Å². The molecule has 0 fully saturated rings. The van der Waals surface area contributed by atoms with Crippen molar-refractivity contribution in [2.45, 2.75) is 13.8 Å². The predicted molar refractivity (Wildman–Crippen MR) is 106 cm³/mol. The minimum Gasteiger partial charge on any atom is -0.462 e. The number of esters is 1. The highest BCUT2D eigenvalue weighted by Gasteiger charge is 2.17. The summed E-state index contributed by atoms with van der Waals surface area (Å²) in [6.45, 7) is 4.01. The summed E-state index contributed by atoms with van der Waals surface area (Å²) < 4.78 is 5.11. The minimum absolute atomic E-state index is 0.305. The van der Waals surface area contributed by atoms with E-state index in [0.29, 0.717) is 17.2 Å². The Morgan fingerprint density at radius 3 is 2.73 bits per heavy atom. The number of thiazole rings is 1. The lowest BCUT2D eigenvalue weighted by Crippen LogP contribution is -2.03. The van der Waals surface area contributed by atoms with Gasteiger partial charge in [-0.2, -0.15) is 0 Å². The topological polar surface area (TPSA) is 55.0 Å². The lowest BCUT2D eigenvalue weighted by atomic mass is 10.1. The van der Waals surface area contributed by atoms with Gasteiger partial charge in [-0.1, -0.05) is 36.4 Å². The number of carbonyl (C=O) groups is 1. The van der Waals surface area contributed by atoms with Crippen LogP contribution in [0.15, 0.2) is 54.6 Å². The van der Waals surface area contributed by atoms with E-state index >= 15 is 0 Å². The number of aryl methyl sites for hydroxylation is 1. The van der Waals surface area contributed by atoms with Gasteiger partial charge in [0.15, 0.2) is 0 Å². The summed E-state index contributed by atoms with van der Waals surface area (Å²) in [7, 11) is 0. The third-order valence-corrected chi connectivity index (χ3v) is 5.39. The molecule has 0 unspecified atom stereocenters. The molecule has 1 N–H and O–H groups in total. The van der Waals surface area contributed by atoms with E-state index in [9.17, 15) is 4.79 Å². The van der Waals surface area contributed by atoms with Crippen molar-refractivity contribution in [3.63, 3.8) is 0 Å². The number of hydrogen-bond acceptors (Lipinski definition) is 4. The van der Waals surface area contributed by atoms with Crippen molar-refractivity contribution in [3.05, 3.63) is 65.2 Å². The smallest absolute Gasteiger partial charge is 0.350 e. The third kappa shape index (κ3) is 3.02. The van der Waals surface area contributed by atoms with Gasteiger partial charge in [-0.05, 0) is 37.6 Å². The summed E-state index contributed by atoms with van der Waals surface area (Å²) in [5, 5.41) is 2.01. The van der Waals surface area contributed by atoms with E-state index in [-0.39, 0.29) is 5.97 Å². The summed E-state index contributed by atoms with van der Waals surface area (Å²) in [4.78, 5) is 20.6. The molecule has 0 aliphatic carbocycles. The Kier molecular flexibility index (Phi) is 4.31. The van der Waals surface area contributed by atoms with Crippen LogP contribution in [0.1, 0.15) is 22.3 Å². The first kappa shape index (κ1) is 16.5. The zero-order valence-corrected chi connectivity index (χ0v) is 15.4. The molecular weight excluding hydrogens is 344 g/mol. The van der Waals surface area contributed by atoms with Gasteiger partial charge < -0.3 is 9.72 Å². The van der Waals surface area contributed by atoms with Crippen LogP contribution in [0.3, 0.4) is 0 Å². The second-order valence-electron chi connectivity index (χ2n) is 6.01. The van der Waals surface area contributed by atoms with Gasteiger partial charge in [0.2, 0.25) is 0 Å². The molecule has 26 heavy (non-hydrogen) atoms. The fourth-order valence-electron chi connectivity index (χ4n) is 2.95. The van der Waals surface area contributed by atoms with E-state index in [1.54, 1.807) is 6.92 Å². The lowest BCUT2D eigenvalue weighted by Gasteiger charge is -2.01. The van der Waals surface area contributed by atoms with Crippen LogP contribution in [0, 0.1) is 6.92 Å². The first-order valence-electron chi connectivity index (χ1n) is 8.49. The molecule has 4 rings (SSSR count). The monoisotopic (exact) mass is 362 g/mol. The molecule has 130 valence electrons. The Morgan fingerprint density at radius 1 is 1.12 bits per heavy atom. The number of aromatic nitrogens is 2. The number of carbonyl (C=O) groups excluding carboxylic acids is 1. The van der Waals surface area contributed by atoms with E-state index in [1.807, 2.05) is 31.2 Å².